The van der Waals surface area contributed by atoms with Gasteiger partial charge in [-0.3, -0.25) is 0 Å². The number of methoxy groups -OCH3 is 1. The third-order valence-corrected chi connectivity index (χ3v) is 5.10. The number of carboxylic acids is 1. The van der Waals surface area contributed by atoms with E-state index in [1.54, 1.807) is 12.1 Å². The molecule has 3 aromatic rings. The lowest BCUT2D eigenvalue weighted by Gasteiger charge is -2.12. The van der Waals surface area contributed by atoms with Crippen LogP contribution in [0.2, 0.25) is 0 Å². The Hall–Kier alpha value is -3.10. The number of benzene rings is 3. The monoisotopic (exact) mass is 429 g/mol. The first kappa shape index (κ1) is 21.6. The van der Waals surface area contributed by atoms with E-state index in [0.29, 0.717) is 13.0 Å². The van der Waals surface area contributed by atoms with Gasteiger partial charge in [0, 0.05) is 25.8 Å². The molecule has 0 bridgehead atoms. The Balaban J connectivity index is 1.70. The van der Waals surface area contributed by atoms with E-state index in [1.165, 1.54) is 7.11 Å². The van der Waals surface area contributed by atoms with Crippen LogP contribution in [0.15, 0.2) is 60.7 Å². The lowest BCUT2D eigenvalue weighted by atomic mass is 10.0. The Morgan fingerprint density at radius 2 is 1.83 bits per heavy atom. The van der Waals surface area contributed by atoms with Crippen LogP contribution in [-0.2, 0) is 32.6 Å². The Labute approximate surface area is 175 Å². The van der Waals surface area contributed by atoms with Crippen LogP contribution in [0.3, 0.4) is 0 Å². The van der Waals surface area contributed by atoms with E-state index < -0.39 is 22.2 Å². The minimum atomic E-state index is -3.57. The lowest BCUT2D eigenvalue weighted by molar-refractivity contribution is -0.148. The Morgan fingerprint density at radius 3 is 2.47 bits per heavy atom. The van der Waals surface area contributed by atoms with Gasteiger partial charge in [0.15, 0.2) is 6.10 Å². The summed E-state index contributed by atoms with van der Waals surface area (Å²) >= 11 is 0. The molecule has 0 amide bonds. The van der Waals surface area contributed by atoms with Crippen molar-refractivity contribution in [3.05, 3.63) is 71.8 Å². The third kappa shape index (κ3) is 5.71. The van der Waals surface area contributed by atoms with Gasteiger partial charge in [-0.2, -0.15) is 8.42 Å². The number of nitrogens with one attached hydrogen (secondary N) is 1. The molecule has 0 aliphatic heterocycles. The van der Waals surface area contributed by atoms with Gasteiger partial charge in [0.1, 0.15) is 5.75 Å². The van der Waals surface area contributed by atoms with Gasteiger partial charge in [-0.1, -0.05) is 36.4 Å². The Kier molecular flexibility index (Phi) is 6.59. The maximum Gasteiger partial charge on any atom is 0.333 e. The van der Waals surface area contributed by atoms with Gasteiger partial charge < -0.3 is 19.3 Å². The second kappa shape index (κ2) is 9.15. The summed E-state index contributed by atoms with van der Waals surface area (Å²) in [5.41, 5.74) is 2.82. The van der Waals surface area contributed by atoms with Crippen molar-refractivity contribution in [1.82, 2.24) is 0 Å². The topological polar surface area (TPSA) is 102 Å². The van der Waals surface area contributed by atoms with Crippen molar-refractivity contribution in [2.75, 3.05) is 18.7 Å². The molecule has 2 N–H and O–H groups in total. The Morgan fingerprint density at radius 1 is 1.10 bits per heavy atom. The van der Waals surface area contributed by atoms with Gasteiger partial charge in [0.25, 0.3) is 0 Å². The van der Waals surface area contributed by atoms with E-state index in [-0.39, 0.29) is 5.75 Å². The zero-order valence-corrected chi connectivity index (χ0v) is 17.5. The number of ether oxygens (including phenoxy) is 1. The van der Waals surface area contributed by atoms with E-state index in [0.717, 1.165) is 33.8 Å². The van der Waals surface area contributed by atoms with Crippen LogP contribution in [0.4, 0.5) is 5.69 Å². The van der Waals surface area contributed by atoms with Crippen molar-refractivity contribution >= 4 is 32.5 Å². The molecule has 0 aliphatic carbocycles. The van der Waals surface area contributed by atoms with E-state index in [4.69, 9.17) is 14.0 Å². The maximum atomic E-state index is 11.3. The van der Waals surface area contributed by atoms with Crippen LogP contribution < -0.4 is 9.50 Å². The summed E-state index contributed by atoms with van der Waals surface area (Å²) < 4.78 is 32.6. The van der Waals surface area contributed by atoms with E-state index in [1.807, 2.05) is 48.5 Å². The minimum absolute atomic E-state index is 0.279. The zero-order chi connectivity index (χ0) is 21.7. The average molecular weight is 429 g/mol. The first-order valence-corrected chi connectivity index (χ1v) is 11.1. The molecular weight excluding hydrogens is 406 g/mol. The average Bonchev–Trinajstić information content (AvgIpc) is 2.69. The van der Waals surface area contributed by atoms with Crippen LogP contribution in [0.1, 0.15) is 11.1 Å². The van der Waals surface area contributed by atoms with Gasteiger partial charge in [0.2, 0.25) is 0 Å². The normalized spacial score (nSPS) is 12.5. The molecule has 1 atom stereocenters. The molecule has 0 aliphatic rings. The van der Waals surface area contributed by atoms with Crippen molar-refractivity contribution in [1.29, 1.82) is 0 Å². The summed E-state index contributed by atoms with van der Waals surface area (Å²) in [5.74, 6) is -0.706. The zero-order valence-electron chi connectivity index (χ0n) is 16.7. The highest BCUT2D eigenvalue weighted by atomic mass is 32.2. The number of anilines is 1. The predicted molar refractivity (Wildman–Crippen MR) is 115 cm³/mol. The largest absolute Gasteiger partial charge is 0.479 e. The second-order valence-corrected chi connectivity index (χ2v) is 8.48. The highest BCUT2D eigenvalue weighted by molar-refractivity contribution is 7.86. The molecule has 0 aromatic heterocycles. The molecule has 0 fully saturated rings. The van der Waals surface area contributed by atoms with Crippen molar-refractivity contribution in [2.45, 2.75) is 19.1 Å². The summed E-state index contributed by atoms with van der Waals surface area (Å²) in [7, 11) is -2.19. The summed E-state index contributed by atoms with van der Waals surface area (Å²) in [6, 6.07) is 18.5. The van der Waals surface area contributed by atoms with Gasteiger partial charge in [-0.25, -0.2) is 4.79 Å². The summed E-state index contributed by atoms with van der Waals surface area (Å²) in [6.45, 7) is 0.568. The summed E-state index contributed by atoms with van der Waals surface area (Å²) in [4.78, 5) is 11.1. The van der Waals surface area contributed by atoms with Crippen LogP contribution in [0.5, 0.6) is 5.75 Å². The highest BCUT2D eigenvalue weighted by Gasteiger charge is 2.16. The van der Waals surface area contributed by atoms with Gasteiger partial charge in [-0.05, 0) is 46.2 Å². The quantitative estimate of drug-likeness (QED) is 0.503. The fourth-order valence-electron chi connectivity index (χ4n) is 3.15. The molecule has 0 spiro atoms. The number of aliphatic carboxylic acids is 1. The minimum Gasteiger partial charge on any atom is -0.479 e. The molecule has 8 heteroatoms. The number of carboxylic acid groups (broad SMARTS) is 1. The van der Waals surface area contributed by atoms with Gasteiger partial charge in [-0.15, -0.1) is 0 Å². The molecule has 0 unspecified atom stereocenters. The smallest absolute Gasteiger partial charge is 0.333 e. The van der Waals surface area contributed by atoms with E-state index in [2.05, 4.69) is 5.32 Å². The van der Waals surface area contributed by atoms with E-state index >= 15 is 0 Å². The fourth-order valence-corrected chi connectivity index (χ4v) is 3.60. The van der Waals surface area contributed by atoms with Crippen molar-refractivity contribution < 1.29 is 27.2 Å². The van der Waals surface area contributed by atoms with Gasteiger partial charge in [0.05, 0.1) is 6.26 Å². The summed E-state index contributed by atoms with van der Waals surface area (Å²) in [6.07, 6.45) is 0.448. The van der Waals surface area contributed by atoms with Crippen molar-refractivity contribution in [3.8, 4) is 5.75 Å². The predicted octanol–water partition coefficient (Wildman–Crippen LogP) is 3.43. The number of rotatable bonds is 9. The lowest BCUT2D eigenvalue weighted by Crippen LogP contribution is -2.24. The van der Waals surface area contributed by atoms with Crippen molar-refractivity contribution in [2.24, 2.45) is 0 Å². The van der Waals surface area contributed by atoms with Crippen LogP contribution in [-0.4, -0.2) is 39.0 Å². The summed E-state index contributed by atoms with van der Waals surface area (Å²) in [5, 5.41) is 14.3. The Bertz CT molecular complexity index is 1140. The highest BCUT2D eigenvalue weighted by Crippen LogP contribution is 2.25. The third-order valence-electron chi connectivity index (χ3n) is 4.61. The first-order valence-electron chi connectivity index (χ1n) is 9.25. The maximum absolute atomic E-state index is 11.3. The number of fused-ring (bicyclic) bond motifs is 1. The molecule has 7 nitrogen and oxygen atoms in total. The number of carbonyl (C=O) groups is 1. The van der Waals surface area contributed by atoms with Crippen molar-refractivity contribution in [3.63, 3.8) is 0 Å². The molecular formula is C22H23NO6S. The molecule has 0 heterocycles. The van der Waals surface area contributed by atoms with Crippen LogP contribution in [0.25, 0.3) is 10.8 Å². The number of hydrogen-bond acceptors (Lipinski definition) is 6. The van der Waals surface area contributed by atoms with Crippen LogP contribution >= 0.6 is 0 Å². The SMILES string of the molecule is CO[C@@H](Cc1ccc(NCc2cccc3cc(OS(C)(=O)=O)ccc23)cc1)C(=O)O. The van der Waals surface area contributed by atoms with E-state index in [9.17, 15) is 13.2 Å². The standard InChI is InChI=1S/C22H23NO6S/c1-28-21(22(24)25)12-15-6-8-18(9-7-15)23-14-17-5-3-4-16-13-19(10-11-20(16)17)29-30(2,26)27/h3-11,13,21,23H,12,14H2,1-2H3,(H,24,25)/t21-/m0/s1. The molecule has 3 rings (SSSR count). The molecule has 3 aromatic carbocycles. The molecule has 0 radical (unpaired) electrons. The fraction of sp³-hybridized carbons (Fsp3) is 0.227. The number of hydrogen-bond donors (Lipinski definition) is 2. The van der Waals surface area contributed by atoms with Crippen LogP contribution in [0, 0.1) is 0 Å². The van der Waals surface area contributed by atoms with Gasteiger partial charge >= 0.3 is 16.1 Å². The molecule has 0 saturated carbocycles. The molecule has 30 heavy (non-hydrogen) atoms. The first-order chi connectivity index (χ1) is 14.2. The molecule has 158 valence electrons. The molecule has 0 saturated heterocycles. The second-order valence-electron chi connectivity index (χ2n) is 6.90.